The Bertz CT molecular complexity index is 229. The SMILES string of the molecule is CC(=O)C12CCCN1C(CO)CC2. The Hall–Kier alpha value is -0.410. The number of aliphatic hydroxyl groups is 1. The second-order valence-electron chi connectivity index (χ2n) is 4.26. The van der Waals surface area contributed by atoms with E-state index in [9.17, 15) is 4.79 Å². The van der Waals surface area contributed by atoms with Crippen LogP contribution in [-0.4, -0.2) is 40.5 Å². The monoisotopic (exact) mass is 183 g/mol. The van der Waals surface area contributed by atoms with Crippen LogP contribution in [0, 0.1) is 0 Å². The molecule has 0 saturated carbocycles. The van der Waals surface area contributed by atoms with Crippen molar-refractivity contribution in [2.75, 3.05) is 13.2 Å². The lowest BCUT2D eigenvalue weighted by Gasteiger charge is -2.32. The highest BCUT2D eigenvalue weighted by molar-refractivity contribution is 5.86. The first-order chi connectivity index (χ1) is 6.20. The van der Waals surface area contributed by atoms with Crippen LogP contribution >= 0.6 is 0 Å². The number of rotatable bonds is 2. The molecule has 0 bridgehead atoms. The van der Waals surface area contributed by atoms with Gasteiger partial charge < -0.3 is 5.11 Å². The van der Waals surface area contributed by atoms with Gasteiger partial charge in [0.1, 0.15) is 5.78 Å². The smallest absolute Gasteiger partial charge is 0.150 e. The van der Waals surface area contributed by atoms with Crippen LogP contribution in [0.5, 0.6) is 0 Å². The summed E-state index contributed by atoms with van der Waals surface area (Å²) >= 11 is 0. The highest BCUT2D eigenvalue weighted by atomic mass is 16.3. The third-order valence-corrected chi connectivity index (χ3v) is 3.74. The molecule has 3 nitrogen and oxygen atoms in total. The first-order valence-electron chi connectivity index (χ1n) is 5.09. The molecule has 0 aromatic carbocycles. The molecule has 2 atom stereocenters. The highest BCUT2D eigenvalue weighted by Crippen LogP contribution is 2.42. The maximum absolute atomic E-state index is 11.6. The topological polar surface area (TPSA) is 40.5 Å². The molecule has 0 radical (unpaired) electrons. The lowest BCUT2D eigenvalue weighted by atomic mass is 9.90. The van der Waals surface area contributed by atoms with Gasteiger partial charge in [-0.25, -0.2) is 0 Å². The van der Waals surface area contributed by atoms with E-state index in [0.717, 1.165) is 32.2 Å². The van der Waals surface area contributed by atoms with Crippen molar-refractivity contribution in [2.45, 2.75) is 44.2 Å². The van der Waals surface area contributed by atoms with E-state index in [0.29, 0.717) is 5.78 Å². The largest absolute Gasteiger partial charge is 0.395 e. The molecule has 2 aliphatic rings. The summed E-state index contributed by atoms with van der Waals surface area (Å²) in [6.45, 7) is 2.89. The highest BCUT2D eigenvalue weighted by Gasteiger charge is 2.51. The normalized spacial score (nSPS) is 39.4. The number of hydrogen-bond acceptors (Lipinski definition) is 3. The van der Waals surface area contributed by atoms with Crippen LogP contribution in [0.15, 0.2) is 0 Å². The van der Waals surface area contributed by atoms with Gasteiger partial charge in [0.05, 0.1) is 12.1 Å². The molecule has 0 aliphatic carbocycles. The van der Waals surface area contributed by atoms with E-state index in [1.54, 1.807) is 6.92 Å². The third kappa shape index (κ3) is 1.14. The van der Waals surface area contributed by atoms with Crippen molar-refractivity contribution in [3.8, 4) is 0 Å². The second-order valence-corrected chi connectivity index (χ2v) is 4.26. The Balaban J connectivity index is 2.24. The van der Waals surface area contributed by atoms with Crippen LogP contribution in [0.3, 0.4) is 0 Å². The van der Waals surface area contributed by atoms with Gasteiger partial charge >= 0.3 is 0 Å². The van der Waals surface area contributed by atoms with Crippen LogP contribution in [0.25, 0.3) is 0 Å². The van der Waals surface area contributed by atoms with E-state index in [1.165, 1.54) is 0 Å². The Labute approximate surface area is 78.7 Å². The molecule has 2 aliphatic heterocycles. The number of carbonyl (C=O) groups is 1. The zero-order valence-corrected chi connectivity index (χ0v) is 8.12. The van der Waals surface area contributed by atoms with Crippen LogP contribution in [0.1, 0.15) is 32.6 Å². The van der Waals surface area contributed by atoms with Gasteiger partial charge in [0.15, 0.2) is 0 Å². The van der Waals surface area contributed by atoms with Crippen LogP contribution < -0.4 is 0 Å². The van der Waals surface area contributed by atoms with Gasteiger partial charge in [-0.2, -0.15) is 0 Å². The van der Waals surface area contributed by atoms with Gasteiger partial charge in [-0.15, -0.1) is 0 Å². The summed E-state index contributed by atoms with van der Waals surface area (Å²) in [5.41, 5.74) is -0.187. The molecular formula is C10H17NO2. The molecule has 0 amide bonds. The minimum atomic E-state index is -0.187. The second kappa shape index (κ2) is 3.07. The number of nitrogens with zero attached hydrogens (tertiary/aromatic N) is 1. The third-order valence-electron chi connectivity index (χ3n) is 3.74. The van der Waals surface area contributed by atoms with E-state index in [2.05, 4.69) is 4.90 Å². The predicted molar refractivity (Wildman–Crippen MR) is 49.5 cm³/mol. The number of hydrogen-bond donors (Lipinski definition) is 1. The lowest BCUT2D eigenvalue weighted by Crippen LogP contribution is -2.48. The van der Waals surface area contributed by atoms with Crippen LogP contribution in [-0.2, 0) is 4.79 Å². The summed E-state index contributed by atoms with van der Waals surface area (Å²) in [5.74, 6) is 0.293. The number of ketones is 1. The van der Waals surface area contributed by atoms with Crippen LogP contribution in [0.4, 0.5) is 0 Å². The standard InChI is InChI=1S/C10H17NO2/c1-8(13)10-4-2-6-11(10)9(7-12)3-5-10/h9,12H,2-7H2,1H3. The van der Waals surface area contributed by atoms with Crippen molar-refractivity contribution in [1.29, 1.82) is 0 Å². The molecule has 1 N–H and O–H groups in total. The van der Waals surface area contributed by atoms with Crippen LogP contribution in [0.2, 0.25) is 0 Å². The molecule has 2 saturated heterocycles. The van der Waals surface area contributed by atoms with Gasteiger partial charge in [-0.05, 0) is 39.2 Å². The summed E-state index contributed by atoms with van der Waals surface area (Å²) in [7, 11) is 0. The molecule has 3 heteroatoms. The van der Waals surface area contributed by atoms with E-state index >= 15 is 0 Å². The molecule has 2 rings (SSSR count). The molecule has 2 unspecified atom stereocenters. The molecule has 2 heterocycles. The maximum atomic E-state index is 11.6. The van der Waals surface area contributed by atoms with E-state index in [-0.39, 0.29) is 18.2 Å². The van der Waals surface area contributed by atoms with Crippen molar-refractivity contribution in [3.05, 3.63) is 0 Å². The van der Waals surface area contributed by atoms with Gasteiger partial charge in [0, 0.05) is 6.04 Å². The Morgan fingerprint density at radius 3 is 3.00 bits per heavy atom. The van der Waals surface area contributed by atoms with Gasteiger partial charge in [0.25, 0.3) is 0 Å². The Kier molecular flexibility index (Phi) is 2.16. The number of fused-ring (bicyclic) bond motifs is 1. The zero-order chi connectivity index (χ0) is 9.47. The molecule has 74 valence electrons. The summed E-state index contributed by atoms with van der Waals surface area (Å²) in [6, 6.07) is 0.242. The quantitative estimate of drug-likeness (QED) is 0.680. The molecule has 0 aromatic heterocycles. The first-order valence-corrected chi connectivity index (χ1v) is 5.09. The van der Waals surface area contributed by atoms with Gasteiger partial charge in [0.2, 0.25) is 0 Å². The van der Waals surface area contributed by atoms with Crippen molar-refractivity contribution >= 4 is 5.78 Å². The molecule has 2 fully saturated rings. The maximum Gasteiger partial charge on any atom is 0.150 e. The number of Topliss-reactive ketones (excluding diaryl/α,β-unsaturated/α-hetero) is 1. The average molecular weight is 183 g/mol. The summed E-state index contributed by atoms with van der Waals surface area (Å²) in [6.07, 6.45) is 4.04. The average Bonchev–Trinajstić information content (AvgIpc) is 2.60. The van der Waals surface area contributed by atoms with Gasteiger partial charge in [-0.3, -0.25) is 9.69 Å². The zero-order valence-electron chi connectivity index (χ0n) is 8.12. The van der Waals surface area contributed by atoms with Gasteiger partial charge in [-0.1, -0.05) is 0 Å². The van der Waals surface area contributed by atoms with Crippen molar-refractivity contribution < 1.29 is 9.90 Å². The van der Waals surface area contributed by atoms with E-state index in [4.69, 9.17) is 5.11 Å². The minimum Gasteiger partial charge on any atom is -0.395 e. The minimum absolute atomic E-state index is 0.187. The molecule has 13 heavy (non-hydrogen) atoms. The van der Waals surface area contributed by atoms with E-state index < -0.39 is 0 Å². The summed E-state index contributed by atoms with van der Waals surface area (Å²) in [4.78, 5) is 13.8. The first kappa shape index (κ1) is 9.16. The fourth-order valence-electron chi connectivity index (χ4n) is 3.01. The van der Waals surface area contributed by atoms with Crippen molar-refractivity contribution in [3.63, 3.8) is 0 Å². The fourth-order valence-corrected chi connectivity index (χ4v) is 3.01. The lowest BCUT2D eigenvalue weighted by molar-refractivity contribution is -0.126. The van der Waals surface area contributed by atoms with E-state index in [1.807, 2.05) is 0 Å². The number of carbonyl (C=O) groups excluding carboxylic acids is 1. The molecule has 0 aromatic rings. The summed E-state index contributed by atoms with van der Waals surface area (Å²) < 4.78 is 0. The van der Waals surface area contributed by atoms with Crippen molar-refractivity contribution in [1.82, 2.24) is 4.90 Å². The summed E-state index contributed by atoms with van der Waals surface area (Å²) in [5, 5.41) is 9.16. The van der Waals surface area contributed by atoms with Crippen molar-refractivity contribution in [2.24, 2.45) is 0 Å². The Morgan fingerprint density at radius 2 is 2.38 bits per heavy atom. The Morgan fingerprint density at radius 1 is 1.62 bits per heavy atom. The predicted octanol–water partition coefficient (Wildman–Crippen LogP) is 0.565. The number of aliphatic hydroxyl groups excluding tert-OH is 1. The fraction of sp³-hybridized carbons (Fsp3) is 0.900. The molecule has 0 spiro atoms. The molecular weight excluding hydrogens is 166 g/mol.